The molecule has 0 aliphatic carbocycles. The molecule has 0 saturated heterocycles. The lowest BCUT2D eigenvalue weighted by atomic mass is 10.3. The number of anilines is 2. The first-order valence-electron chi connectivity index (χ1n) is 9.30. The van der Waals surface area contributed by atoms with Gasteiger partial charge in [0.1, 0.15) is 8.42 Å². The van der Waals surface area contributed by atoms with Gasteiger partial charge in [-0.25, -0.2) is 21.8 Å². The number of hydrogen-bond donors (Lipinski definition) is 2. The van der Waals surface area contributed by atoms with Gasteiger partial charge < -0.3 is 0 Å². The van der Waals surface area contributed by atoms with Crippen LogP contribution in [0.1, 0.15) is 0 Å². The smallest absolute Gasteiger partial charge is 0.272 e. The van der Waals surface area contributed by atoms with Crippen molar-refractivity contribution in [2.75, 3.05) is 9.44 Å². The Hall–Kier alpha value is -2.99. The van der Waals surface area contributed by atoms with Crippen molar-refractivity contribution in [2.24, 2.45) is 0 Å². The fourth-order valence-electron chi connectivity index (χ4n) is 3.12. The summed E-state index contributed by atoms with van der Waals surface area (Å²) in [4.78, 5) is 4.05. The van der Waals surface area contributed by atoms with Gasteiger partial charge in [0.15, 0.2) is 5.82 Å². The summed E-state index contributed by atoms with van der Waals surface area (Å²) < 4.78 is 58.7. The predicted octanol–water partition coefficient (Wildman–Crippen LogP) is 5.11. The van der Waals surface area contributed by atoms with E-state index in [0.29, 0.717) is 0 Å². The highest BCUT2D eigenvalue weighted by Crippen LogP contribution is 2.33. The third-order valence-electron chi connectivity index (χ3n) is 4.62. The monoisotopic (exact) mass is 501 g/mol. The van der Waals surface area contributed by atoms with Crippen LogP contribution in [-0.2, 0) is 20.0 Å². The van der Waals surface area contributed by atoms with Gasteiger partial charge >= 0.3 is 0 Å². The zero-order chi connectivity index (χ0) is 22.3. The molecule has 0 fully saturated rings. The fraction of sp³-hybridized carbons (Fsp3) is 0. The largest absolute Gasteiger partial charge is 0.275 e. The van der Waals surface area contributed by atoms with Gasteiger partial charge in [0.05, 0.1) is 5.69 Å². The van der Waals surface area contributed by atoms with Crippen LogP contribution in [0, 0.1) is 0 Å². The molecule has 7 nitrogen and oxygen atoms in total. The van der Waals surface area contributed by atoms with Crippen LogP contribution < -0.4 is 9.44 Å². The van der Waals surface area contributed by atoms with Gasteiger partial charge in [-0.15, -0.1) is 22.7 Å². The van der Waals surface area contributed by atoms with E-state index >= 15 is 0 Å². The molecule has 0 saturated carbocycles. The van der Waals surface area contributed by atoms with Crippen LogP contribution in [0.5, 0.6) is 0 Å². The van der Waals surface area contributed by atoms with Crippen LogP contribution in [0.2, 0.25) is 0 Å². The molecule has 11 heteroatoms. The summed E-state index contributed by atoms with van der Waals surface area (Å²) in [6.45, 7) is 0. The standard InChI is InChI=1S/C21H15N3O4S4/c25-31(26,19-12-14-6-1-3-9-17(14)29-19)23-16-8-5-11-22-21(16)24-32(27,28)20-13-15-7-2-4-10-18(15)30-20/h1-13,23H,(H,22,24). The summed E-state index contributed by atoms with van der Waals surface area (Å²) in [7, 11) is -7.91. The van der Waals surface area contributed by atoms with Crippen LogP contribution in [0.4, 0.5) is 11.5 Å². The molecule has 0 unspecified atom stereocenters. The molecule has 2 N–H and O–H groups in total. The van der Waals surface area contributed by atoms with Crippen LogP contribution in [0.3, 0.4) is 0 Å². The maximum absolute atomic E-state index is 13.0. The summed E-state index contributed by atoms with van der Waals surface area (Å²) in [5, 5.41) is 1.62. The molecule has 0 atom stereocenters. The molecule has 2 aromatic carbocycles. The Bertz CT molecular complexity index is 1480. The van der Waals surface area contributed by atoms with Crippen molar-refractivity contribution < 1.29 is 16.8 Å². The number of fused-ring (bicyclic) bond motifs is 2. The van der Waals surface area contributed by atoms with E-state index in [1.807, 2.05) is 48.5 Å². The first-order valence-corrected chi connectivity index (χ1v) is 13.9. The van der Waals surface area contributed by atoms with Crippen molar-refractivity contribution >= 4 is 74.4 Å². The lowest BCUT2D eigenvalue weighted by Gasteiger charge is -2.12. The average Bonchev–Trinajstić information content (AvgIpc) is 3.40. The van der Waals surface area contributed by atoms with Crippen LogP contribution in [-0.4, -0.2) is 21.8 Å². The molecule has 5 rings (SSSR count). The minimum Gasteiger partial charge on any atom is -0.275 e. The van der Waals surface area contributed by atoms with Crippen molar-refractivity contribution in [1.82, 2.24) is 4.98 Å². The maximum atomic E-state index is 13.0. The Morgan fingerprint density at radius 1 is 0.656 bits per heavy atom. The number of pyridine rings is 1. The van der Waals surface area contributed by atoms with Crippen molar-refractivity contribution in [3.05, 3.63) is 79.0 Å². The fourth-order valence-corrected chi connectivity index (χ4v) is 8.01. The second-order valence-electron chi connectivity index (χ2n) is 6.82. The molecule has 3 heterocycles. The Labute approximate surface area is 192 Å². The summed E-state index contributed by atoms with van der Waals surface area (Å²) >= 11 is 2.26. The molecular weight excluding hydrogens is 487 g/mol. The second kappa shape index (κ2) is 7.85. The van der Waals surface area contributed by atoms with E-state index in [0.717, 1.165) is 42.8 Å². The first-order chi connectivity index (χ1) is 15.3. The van der Waals surface area contributed by atoms with Gasteiger partial charge in [-0.3, -0.25) is 9.44 Å². The topological polar surface area (TPSA) is 105 Å². The van der Waals surface area contributed by atoms with Crippen molar-refractivity contribution in [2.45, 2.75) is 8.42 Å². The zero-order valence-electron chi connectivity index (χ0n) is 16.2. The van der Waals surface area contributed by atoms with Gasteiger partial charge in [0, 0.05) is 15.6 Å². The third-order valence-corrected chi connectivity index (χ3v) is 10.5. The Morgan fingerprint density at radius 2 is 1.19 bits per heavy atom. The van der Waals surface area contributed by atoms with Gasteiger partial charge in [-0.2, -0.15) is 0 Å². The maximum Gasteiger partial charge on any atom is 0.272 e. The highest BCUT2D eigenvalue weighted by Gasteiger charge is 2.23. The second-order valence-corrected chi connectivity index (χ2v) is 12.8. The van der Waals surface area contributed by atoms with E-state index in [2.05, 4.69) is 14.4 Å². The molecule has 0 spiro atoms. The van der Waals surface area contributed by atoms with Gasteiger partial charge in [0.25, 0.3) is 20.0 Å². The van der Waals surface area contributed by atoms with Gasteiger partial charge in [0.2, 0.25) is 0 Å². The Balaban J connectivity index is 1.47. The van der Waals surface area contributed by atoms with Crippen molar-refractivity contribution in [1.29, 1.82) is 0 Å². The van der Waals surface area contributed by atoms with Gasteiger partial charge in [-0.05, 0) is 47.2 Å². The molecule has 0 aliphatic heterocycles. The number of nitrogens with zero attached hydrogens (tertiary/aromatic N) is 1. The predicted molar refractivity (Wildman–Crippen MR) is 130 cm³/mol. The molecule has 3 aromatic heterocycles. The Kier molecular flexibility index (Phi) is 5.13. The number of thiophene rings is 2. The van der Waals surface area contributed by atoms with Crippen LogP contribution in [0.25, 0.3) is 20.2 Å². The van der Waals surface area contributed by atoms with Gasteiger partial charge in [-0.1, -0.05) is 36.4 Å². The molecule has 162 valence electrons. The number of rotatable bonds is 6. The zero-order valence-corrected chi connectivity index (χ0v) is 19.5. The van der Waals surface area contributed by atoms with E-state index in [4.69, 9.17) is 0 Å². The molecule has 0 aliphatic rings. The summed E-state index contributed by atoms with van der Waals surface area (Å²) in [5.41, 5.74) is 0.0367. The normalized spacial score (nSPS) is 12.2. The number of benzene rings is 2. The number of nitrogens with one attached hydrogen (secondary N) is 2. The number of hydrogen-bond acceptors (Lipinski definition) is 7. The average molecular weight is 502 g/mol. The van der Waals surface area contributed by atoms with E-state index in [1.54, 1.807) is 12.1 Å². The molecule has 0 bridgehead atoms. The molecule has 0 amide bonds. The lowest BCUT2D eigenvalue weighted by Crippen LogP contribution is -2.17. The van der Waals surface area contributed by atoms with Crippen molar-refractivity contribution in [3.63, 3.8) is 0 Å². The number of aromatic nitrogens is 1. The first kappa shape index (κ1) is 20.9. The summed E-state index contributed by atoms with van der Waals surface area (Å²) in [5.74, 6) is -0.102. The third kappa shape index (κ3) is 3.95. The lowest BCUT2D eigenvalue weighted by molar-refractivity contribution is 0.600. The van der Waals surface area contributed by atoms with Crippen LogP contribution >= 0.6 is 22.7 Å². The van der Waals surface area contributed by atoms with E-state index < -0.39 is 20.0 Å². The SMILES string of the molecule is O=S(=O)(Nc1cccnc1NS(=O)(=O)c1cc2ccccc2s1)c1cc2ccccc2s1. The summed E-state index contributed by atoms with van der Waals surface area (Å²) in [6.07, 6.45) is 1.39. The minimum atomic E-state index is -3.96. The van der Waals surface area contributed by atoms with Crippen molar-refractivity contribution in [3.8, 4) is 0 Å². The quantitative estimate of drug-likeness (QED) is 0.336. The van der Waals surface area contributed by atoms with E-state index in [-0.39, 0.29) is 19.9 Å². The molecular formula is C21H15N3O4S4. The number of sulfonamides is 2. The van der Waals surface area contributed by atoms with E-state index in [9.17, 15) is 16.8 Å². The Morgan fingerprint density at radius 3 is 1.75 bits per heavy atom. The minimum absolute atomic E-state index is 0.0367. The highest BCUT2D eigenvalue weighted by atomic mass is 32.3. The molecule has 32 heavy (non-hydrogen) atoms. The summed E-state index contributed by atoms with van der Waals surface area (Å²) in [6, 6.07) is 20.8. The molecule has 0 radical (unpaired) electrons. The van der Waals surface area contributed by atoms with E-state index in [1.165, 1.54) is 18.3 Å². The highest BCUT2D eigenvalue weighted by molar-refractivity contribution is 7.95. The van der Waals surface area contributed by atoms with Crippen LogP contribution in [0.15, 0.2) is 87.4 Å². The molecule has 5 aromatic rings.